The highest BCUT2D eigenvalue weighted by molar-refractivity contribution is 5.92. The molecule has 0 amide bonds. The summed E-state index contributed by atoms with van der Waals surface area (Å²) in [6.07, 6.45) is 1.91. The fourth-order valence-electron chi connectivity index (χ4n) is 3.51. The van der Waals surface area contributed by atoms with Gasteiger partial charge in [0, 0.05) is 22.5 Å². The van der Waals surface area contributed by atoms with Crippen molar-refractivity contribution in [3.8, 4) is 11.3 Å². The molecule has 0 aliphatic heterocycles. The lowest BCUT2D eigenvalue weighted by Gasteiger charge is -2.24. The number of rotatable bonds is 5. The Morgan fingerprint density at radius 3 is 2.61 bits per heavy atom. The number of hydrogen-bond donors (Lipinski definition) is 1. The van der Waals surface area contributed by atoms with Crippen LogP contribution in [-0.2, 0) is 6.42 Å². The van der Waals surface area contributed by atoms with Crippen molar-refractivity contribution in [2.24, 2.45) is 0 Å². The topological polar surface area (TPSA) is 45.1 Å². The predicted octanol–water partition coefficient (Wildman–Crippen LogP) is 4.71. The Balaban J connectivity index is 2.34. The van der Waals surface area contributed by atoms with Crippen molar-refractivity contribution in [1.82, 2.24) is 15.0 Å². The van der Waals surface area contributed by atoms with Crippen molar-refractivity contribution in [2.45, 2.75) is 39.7 Å². The van der Waals surface area contributed by atoms with Crippen LogP contribution in [0.5, 0.6) is 0 Å². The quantitative estimate of drug-likeness (QED) is 0.742. The zero-order chi connectivity index (χ0) is 16.6. The summed E-state index contributed by atoms with van der Waals surface area (Å²) in [5.41, 5.74) is 5.81. The van der Waals surface area contributed by atoms with Crippen LogP contribution in [0.15, 0.2) is 28.8 Å². The molecule has 0 aliphatic rings. The van der Waals surface area contributed by atoms with E-state index in [0.29, 0.717) is 6.04 Å². The van der Waals surface area contributed by atoms with E-state index in [-0.39, 0.29) is 0 Å². The number of para-hydroxylation sites is 1. The van der Waals surface area contributed by atoms with E-state index in [1.165, 1.54) is 16.5 Å². The molecule has 0 radical (unpaired) electrons. The maximum absolute atomic E-state index is 5.48. The van der Waals surface area contributed by atoms with E-state index in [1.807, 2.05) is 6.92 Å². The monoisotopic (exact) mass is 311 g/mol. The van der Waals surface area contributed by atoms with Gasteiger partial charge in [0.15, 0.2) is 0 Å². The summed E-state index contributed by atoms with van der Waals surface area (Å²) in [4.78, 5) is 5.91. The van der Waals surface area contributed by atoms with Crippen LogP contribution in [0.4, 0.5) is 0 Å². The first-order valence-corrected chi connectivity index (χ1v) is 8.30. The smallest absolute Gasteiger partial charge is 0.143 e. The molecule has 4 heteroatoms. The van der Waals surface area contributed by atoms with Crippen molar-refractivity contribution < 1.29 is 4.52 Å². The van der Waals surface area contributed by atoms with Crippen LogP contribution in [0, 0.1) is 6.92 Å². The van der Waals surface area contributed by atoms with Crippen molar-refractivity contribution >= 4 is 10.9 Å². The van der Waals surface area contributed by atoms with Gasteiger partial charge >= 0.3 is 0 Å². The number of nitrogens with one attached hydrogen (secondary N) is 1. The summed E-state index contributed by atoms with van der Waals surface area (Å²) in [6.45, 7) is 6.34. The van der Waals surface area contributed by atoms with E-state index >= 15 is 0 Å². The van der Waals surface area contributed by atoms with Crippen LogP contribution >= 0.6 is 0 Å². The van der Waals surface area contributed by atoms with Gasteiger partial charge in [-0.3, -0.25) is 0 Å². The highest BCUT2D eigenvalue weighted by Crippen LogP contribution is 2.40. The molecule has 2 heterocycles. The molecular weight excluding hydrogens is 286 g/mol. The lowest BCUT2D eigenvalue weighted by molar-refractivity contribution is 0.294. The lowest BCUT2D eigenvalue weighted by atomic mass is 9.95. The second-order valence-corrected chi connectivity index (χ2v) is 6.26. The number of benzene rings is 1. The van der Waals surface area contributed by atoms with Gasteiger partial charge < -0.3 is 14.4 Å². The van der Waals surface area contributed by atoms with E-state index in [0.717, 1.165) is 35.6 Å². The SMILES string of the molecule is CCc1noc(C)c1-c1[nH]c2ccccc2c1C(CC)N(C)C. The fourth-order valence-corrected chi connectivity index (χ4v) is 3.51. The summed E-state index contributed by atoms with van der Waals surface area (Å²) in [5, 5.41) is 5.53. The summed E-state index contributed by atoms with van der Waals surface area (Å²) in [6, 6.07) is 8.86. The van der Waals surface area contributed by atoms with Gasteiger partial charge in [-0.1, -0.05) is 37.2 Å². The van der Waals surface area contributed by atoms with Crippen LogP contribution < -0.4 is 0 Å². The van der Waals surface area contributed by atoms with Gasteiger partial charge in [-0.25, -0.2) is 0 Å². The van der Waals surface area contributed by atoms with Crippen LogP contribution in [0.2, 0.25) is 0 Å². The Bertz CT molecular complexity index is 813. The summed E-state index contributed by atoms with van der Waals surface area (Å²) in [5.74, 6) is 0.878. The lowest BCUT2D eigenvalue weighted by Crippen LogP contribution is -2.19. The molecule has 0 fully saturated rings. The van der Waals surface area contributed by atoms with Crippen LogP contribution in [0.3, 0.4) is 0 Å². The average molecular weight is 311 g/mol. The Hall–Kier alpha value is -2.07. The third kappa shape index (κ3) is 2.57. The second-order valence-electron chi connectivity index (χ2n) is 6.26. The third-order valence-corrected chi connectivity index (χ3v) is 4.61. The van der Waals surface area contributed by atoms with Gasteiger partial charge in [0.05, 0.1) is 17.0 Å². The predicted molar refractivity (Wildman–Crippen MR) is 94.6 cm³/mol. The normalized spacial score (nSPS) is 13.1. The number of aromatic amines is 1. The average Bonchev–Trinajstić information content (AvgIpc) is 3.08. The minimum Gasteiger partial charge on any atom is -0.361 e. The molecule has 0 bridgehead atoms. The molecule has 1 atom stereocenters. The Morgan fingerprint density at radius 1 is 1.22 bits per heavy atom. The van der Waals surface area contributed by atoms with Gasteiger partial charge in [-0.2, -0.15) is 0 Å². The van der Waals surface area contributed by atoms with Crippen molar-refractivity contribution in [2.75, 3.05) is 14.1 Å². The molecule has 3 aromatic rings. The molecule has 4 nitrogen and oxygen atoms in total. The second kappa shape index (κ2) is 6.20. The molecule has 3 rings (SSSR count). The van der Waals surface area contributed by atoms with Gasteiger partial charge in [-0.05, 0) is 39.9 Å². The van der Waals surface area contributed by atoms with Crippen molar-refractivity contribution in [1.29, 1.82) is 0 Å². The van der Waals surface area contributed by atoms with E-state index < -0.39 is 0 Å². The number of H-pyrrole nitrogens is 1. The van der Waals surface area contributed by atoms with Crippen LogP contribution in [-0.4, -0.2) is 29.1 Å². The first kappa shape index (κ1) is 15.8. The molecule has 122 valence electrons. The minimum atomic E-state index is 0.347. The molecule has 2 aromatic heterocycles. The highest BCUT2D eigenvalue weighted by atomic mass is 16.5. The fraction of sp³-hybridized carbons (Fsp3) is 0.421. The largest absolute Gasteiger partial charge is 0.361 e. The molecular formula is C19H25N3O. The minimum absolute atomic E-state index is 0.347. The first-order chi connectivity index (χ1) is 11.1. The standard InChI is InChI=1S/C19H25N3O/c1-6-14-17(12(3)23-21-14)19-18(16(7-2)22(4)5)13-10-8-9-11-15(13)20-19/h8-11,16,20H,6-7H2,1-5H3. The number of nitrogens with zero attached hydrogens (tertiary/aromatic N) is 2. The van der Waals surface area contributed by atoms with E-state index in [2.05, 4.69) is 67.2 Å². The van der Waals surface area contributed by atoms with Crippen LogP contribution in [0.25, 0.3) is 22.2 Å². The number of hydrogen-bond acceptors (Lipinski definition) is 3. The maximum Gasteiger partial charge on any atom is 0.143 e. The van der Waals surface area contributed by atoms with Crippen LogP contribution in [0.1, 0.15) is 43.3 Å². The molecule has 1 aromatic carbocycles. The van der Waals surface area contributed by atoms with Gasteiger partial charge in [0.25, 0.3) is 0 Å². The van der Waals surface area contributed by atoms with Crippen molar-refractivity contribution in [3.05, 3.63) is 41.3 Å². The Morgan fingerprint density at radius 2 is 1.96 bits per heavy atom. The zero-order valence-corrected chi connectivity index (χ0v) is 14.6. The van der Waals surface area contributed by atoms with E-state index in [1.54, 1.807) is 0 Å². The summed E-state index contributed by atoms with van der Waals surface area (Å²) >= 11 is 0. The van der Waals surface area contributed by atoms with Crippen molar-refractivity contribution in [3.63, 3.8) is 0 Å². The van der Waals surface area contributed by atoms with Gasteiger partial charge in [0.2, 0.25) is 0 Å². The summed E-state index contributed by atoms with van der Waals surface area (Å²) in [7, 11) is 4.28. The van der Waals surface area contributed by atoms with Gasteiger partial charge in [-0.15, -0.1) is 0 Å². The molecule has 23 heavy (non-hydrogen) atoms. The number of aromatic nitrogens is 2. The highest BCUT2D eigenvalue weighted by Gasteiger charge is 2.26. The molecule has 0 spiro atoms. The maximum atomic E-state index is 5.48. The Kier molecular flexibility index (Phi) is 4.26. The molecule has 0 saturated carbocycles. The molecule has 0 aliphatic carbocycles. The van der Waals surface area contributed by atoms with Gasteiger partial charge in [0.1, 0.15) is 5.76 Å². The summed E-state index contributed by atoms with van der Waals surface area (Å²) < 4.78 is 5.48. The number of fused-ring (bicyclic) bond motifs is 1. The first-order valence-electron chi connectivity index (χ1n) is 8.30. The molecule has 1 unspecified atom stereocenters. The molecule has 0 saturated heterocycles. The third-order valence-electron chi connectivity index (χ3n) is 4.61. The Labute approximate surface area is 137 Å². The number of aryl methyl sites for hydroxylation is 2. The zero-order valence-electron chi connectivity index (χ0n) is 14.6. The van der Waals surface area contributed by atoms with E-state index in [9.17, 15) is 0 Å². The van der Waals surface area contributed by atoms with E-state index in [4.69, 9.17) is 4.52 Å². The molecule has 1 N–H and O–H groups in total.